The van der Waals surface area contributed by atoms with Crippen molar-refractivity contribution in [2.24, 2.45) is 23.2 Å². The molecular weight excluding hydrogens is 258 g/mol. The van der Waals surface area contributed by atoms with Crippen molar-refractivity contribution in [2.75, 3.05) is 6.54 Å². The van der Waals surface area contributed by atoms with Gasteiger partial charge in [0.25, 0.3) is 0 Å². The molecule has 0 aromatic carbocycles. The molecule has 6 unspecified atom stereocenters. The summed E-state index contributed by atoms with van der Waals surface area (Å²) in [6, 6.07) is 0.999. The maximum Gasteiger partial charge on any atom is 0.0695 e. The van der Waals surface area contributed by atoms with E-state index in [9.17, 15) is 5.11 Å². The van der Waals surface area contributed by atoms with Crippen molar-refractivity contribution in [1.29, 1.82) is 0 Å². The number of nitrogens with zero attached hydrogens (tertiary/aromatic N) is 1. The molecule has 2 fully saturated rings. The van der Waals surface area contributed by atoms with Crippen LogP contribution in [0.25, 0.3) is 0 Å². The number of hydrogen-bond acceptors (Lipinski definition) is 2. The lowest BCUT2D eigenvalue weighted by Crippen LogP contribution is -2.57. The fraction of sp³-hybridized carbons (Fsp3) is 1.00. The molecule has 0 aromatic heterocycles. The highest BCUT2D eigenvalue weighted by Crippen LogP contribution is 2.43. The topological polar surface area (TPSA) is 23.5 Å². The lowest BCUT2D eigenvalue weighted by Gasteiger charge is -2.51. The number of hydrogen-bond donors (Lipinski definition) is 1. The van der Waals surface area contributed by atoms with E-state index >= 15 is 0 Å². The van der Waals surface area contributed by atoms with Crippen LogP contribution in [0.3, 0.4) is 0 Å². The van der Waals surface area contributed by atoms with Gasteiger partial charge in [-0.1, -0.05) is 41.0 Å². The molecule has 1 heterocycles. The van der Waals surface area contributed by atoms with Gasteiger partial charge >= 0.3 is 0 Å². The van der Waals surface area contributed by atoms with Gasteiger partial charge in [0.05, 0.1) is 6.10 Å². The molecule has 2 nitrogen and oxygen atoms in total. The first kappa shape index (κ1) is 17.3. The Hall–Kier alpha value is -0.0800. The van der Waals surface area contributed by atoms with Crippen LogP contribution in [0.15, 0.2) is 0 Å². The van der Waals surface area contributed by atoms with Crippen LogP contribution >= 0.6 is 0 Å². The van der Waals surface area contributed by atoms with E-state index in [4.69, 9.17) is 0 Å². The Morgan fingerprint density at radius 3 is 2.38 bits per heavy atom. The molecule has 0 radical (unpaired) electrons. The summed E-state index contributed by atoms with van der Waals surface area (Å²) in [6.07, 6.45) is 5.84. The smallest absolute Gasteiger partial charge is 0.0695 e. The third kappa shape index (κ3) is 3.64. The Bertz CT molecular complexity index is 340. The molecular formula is C19H37NO. The average Bonchev–Trinajstić information content (AvgIpc) is 2.43. The van der Waals surface area contributed by atoms with E-state index in [1.165, 1.54) is 32.2 Å². The highest BCUT2D eigenvalue weighted by atomic mass is 16.3. The fourth-order valence-electron chi connectivity index (χ4n) is 4.68. The van der Waals surface area contributed by atoms with E-state index < -0.39 is 0 Å². The van der Waals surface area contributed by atoms with Crippen molar-refractivity contribution >= 4 is 0 Å². The molecule has 1 aliphatic heterocycles. The van der Waals surface area contributed by atoms with Crippen LogP contribution in [-0.4, -0.2) is 34.7 Å². The van der Waals surface area contributed by atoms with E-state index in [0.29, 0.717) is 17.5 Å². The minimum absolute atomic E-state index is 0.117. The summed E-state index contributed by atoms with van der Waals surface area (Å²) in [5.74, 6) is 2.28. The zero-order valence-electron chi connectivity index (χ0n) is 15.1. The van der Waals surface area contributed by atoms with Crippen molar-refractivity contribution in [2.45, 2.75) is 91.8 Å². The van der Waals surface area contributed by atoms with E-state index in [-0.39, 0.29) is 6.10 Å². The van der Waals surface area contributed by atoms with E-state index in [2.05, 4.69) is 46.4 Å². The number of likely N-dealkylation sites (tertiary alicyclic amines) is 1. The van der Waals surface area contributed by atoms with Gasteiger partial charge in [-0.15, -0.1) is 0 Å². The standard InChI is InChI=1S/C19H37NO/c1-7-19(5,6)16-8-9-18(21)17(11-16)20-12-13(2)10-14(3)15(20)4/h13-18,21H,7-12H2,1-6H3. The van der Waals surface area contributed by atoms with Crippen LogP contribution in [0.1, 0.15) is 73.6 Å². The molecule has 124 valence electrons. The van der Waals surface area contributed by atoms with Gasteiger partial charge in [0.1, 0.15) is 0 Å². The van der Waals surface area contributed by atoms with E-state index in [1.54, 1.807) is 0 Å². The van der Waals surface area contributed by atoms with Gasteiger partial charge in [0.2, 0.25) is 0 Å². The predicted molar refractivity (Wildman–Crippen MR) is 90.3 cm³/mol. The zero-order chi connectivity index (χ0) is 15.8. The number of rotatable bonds is 3. The Morgan fingerprint density at radius 2 is 1.76 bits per heavy atom. The number of aliphatic hydroxyl groups is 1. The van der Waals surface area contributed by atoms with Gasteiger partial charge < -0.3 is 5.11 Å². The van der Waals surface area contributed by atoms with Crippen LogP contribution in [0.5, 0.6) is 0 Å². The Labute approximate surface area is 132 Å². The molecule has 0 bridgehead atoms. The maximum absolute atomic E-state index is 10.6. The van der Waals surface area contributed by atoms with Crippen molar-refractivity contribution in [3.63, 3.8) is 0 Å². The predicted octanol–water partition coefficient (Wildman–Crippen LogP) is 4.32. The summed E-state index contributed by atoms with van der Waals surface area (Å²) in [7, 11) is 0. The third-order valence-electron chi connectivity index (χ3n) is 6.87. The van der Waals surface area contributed by atoms with Crippen LogP contribution in [-0.2, 0) is 0 Å². The second kappa shape index (κ2) is 6.58. The van der Waals surface area contributed by atoms with Crippen LogP contribution < -0.4 is 0 Å². The summed E-state index contributed by atoms with van der Waals surface area (Å²) < 4.78 is 0. The van der Waals surface area contributed by atoms with Gasteiger partial charge in [-0.3, -0.25) is 4.90 Å². The minimum Gasteiger partial charge on any atom is -0.391 e. The van der Waals surface area contributed by atoms with Gasteiger partial charge in [-0.2, -0.15) is 0 Å². The quantitative estimate of drug-likeness (QED) is 0.838. The normalized spacial score (nSPS) is 43.0. The summed E-state index contributed by atoms with van der Waals surface area (Å²) in [5, 5.41) is 10.6. The molecule has 0 amide bonds. The van der Waals surface area contributed by atoms with Crippen LogP contribution in [0, 0.1) is 23.2 Å². The molecule has 1 saturated heterocycles. The Morgan fingerprint density at radius 1 is 1.10 bits per heavy atom. The molecule has 1 saturated carbocycles. The fourth-order valence-corrected chi connectivity index (χ4v) is 4.68. The molecule has 0 spiro atoms. The zero-order valence-corrected chi connectivity index (χ0v) is 15.1. The lowest BCUT2D eigenvalue weighted by molar-refractivity contribution is -0.0623. The lowest BCUT2D eigenvalue weighted by atomic mass is 9.67. The van der Waals surface area contributed by atoms with Crippen molar-refractivity contribution in [3.05, 3.63) is 0 Å². The highest BCUT2D eigenvalue weighted by molar-refractivity contribution is 4.95. The molecule has 1 aliphatic carbocycles. The monoisotopic (exact) mass is 295 g/mol. The van der Waals surface area contributed by atoms with Gasteiger partial charge in [-0.05, 0) is 55.8 Å². The third-order valence-corrected chi connectivity index (χ3v) is 6.87. The first-order chi connectivity index (χ1) is 9.76. The Kier molecular flexibility index (Phi) is 5.41. The number of aliphatic hydroxyl groups excluding tert-OH is 1. The second-order valence-corrected chi connectivity index (χ2v) is 8.74. The van der Waals surface area contributed by atoms with Crippen molar-refractivity contribution in [3.8, 4) is 0 Å². The first-order valence-electron chi connectivity index (χ1n) is 9.20. The van der Waals surface area contributed by atoms with Gasteiger partial charge in [-0.25, -0.2) is 0 Å². The van der Waals surface area contributed by atoms with Crippen LogP contribution in [0.2, 0.25) is 0 Å². The second-order valence-electron chi connectivity index (χ2n) is 8.74. The summed E-state index contributed by atoms with van der Waals surface area (Å²) in [6.45, 7) is 15.4. The average molecular weight is 296 g/mol. The van der Waals surface area contributed by atoms with Crippen molar-refractivity contribution in [1.82, 2.24) is 4.90 Å². The van der Waals surface area contributed by atoms with Gasteiger partial charge in [0, 0.05) is 18.6 Å². The SMILES string of the molecule is CCC(C)(C)C1CCC(O)C(N2CC(C)CC(C)C2C)C1. The largest absolute Gasteiger partial charge is 0.391 e. The summed E-state index contributed by atoms with van der Waals surface area (Å²) in [4.78, 5) is 2.65. The number of piperidine rings is 1. The molecule has 2 rings (SSSR count). The van der Waals surface area contributed by atoms with E-state index in [1.807, 2.05) is 0 Å². The Balaban J connectivity index is 2.12. The molecule has 0 aromatic rings. The first-order valence-corrected chi connectivity index (χ1v) is 9.20. The maximum atomic E-state index is 10.6. The molecule has 21 heavy (non-hydrogen) atoms. The van der Waals surface area contributed by atoms with Crippen molar-refractivity contribution < 1.29 is 5.11 Å². The highest BCUT2D eigenvalue weighted by Gasteiger charge is 2.42. The molecule has 1 N–H and O–H groups in total. The molecule has 2 heteroatoms. The molecule has 6 atom stereocenters. The summed E-state index contributed by atoms with van der Waals surface area (Å²) >= 11 is 0. The van der Waals surface area contributed by atoms with Crippen LogP contribution in [0.4, 0.5) is 0 Å². The van der Waals surface area contributed by atoms with Gasteiger partial charge in [0.15, 0.2) is 0 Å². The minimum atomic E-state index is -0.117. The van der Waals surface area contributed by atoms with E-state index in [0.717, 1.165) is 24.2 Å². The molecule has 2 aliphatic rings. The summed E-state index contributed by atoms with van der Waals surface area (Å²) in [5.41, 5.74) is 0.411.